The minimum atomic E-state index is -4.69. The first-order chi connectivity index (χ1) is 19.0. The Hall–Kier alpha value is -4.16. The predicted octanol–water partition coefficient (Wildman–Crippen LogP) is 6.63. The maximum Gasteiger partial charge on any atom is 0.417 e. The summed E-state index contributed by atoms with van der Waals surface area (Å²) in [5.41, 5.74) is 0.163. The molecule has 13 heteroatoms. The van der Waals surface area contributed by atoms with Gasteiger partial charge in [-0.1, -0.05) is 11.6 Å². The maximum absolute atomic E-state index is 14.6. The number of carbonyl (C=O) groups is 1. The molecule has 0 saturated carbocycles. The first-order valence-corrected chi connectivity index (χ1v) is 12.6. The zero-order chi connectivity index (χ0) is 28.4. The Bertz CT molecular complexity index is 1560. The number of halogens is 5. The number of nitrogens with one attached hydrogen (secondary N) is 2. The number of likely N-dealkylation sites (N-methyl/N-ethyl adjacent to an activating group) is 1. The molecule has 1 aliphatic rings. The zero-order valence-electron chi connectivity index (χ0n) is 21.1. The molecular weight excluding hydrogens is 552 g/mol. The van der Waals surface area contributed by atoms with Gasteiger partial charge in [-0.15, -0.1) is 0 Å². The van der Waals surface area contributed by atoms with Gasteiger partial charge >= 0.3 is 12.2 Å². The third-order valence-corrected chi connectivity index (χ3v) is 6.60. The Labute approximate surface area is 231 Å². The van der Waals surface area contributed by atoms with E-state index in [1.165, 1.54) is 18.2 Å². The van der Waals surface area contributed by atoms with Gasteiger partial charge in [-0.25, -0.2) is 14.2 Å². The third-order valence-electron chi connectivity index (χ3n) is 6.27. The van der Waals surface area contributed by atoms with Gasteiger partial charge in [-0.05, 0) is 49.5 Å². The maximum atomic E-state index is 14.6. The molecule has 1 aromatic heterocycles. The smallest absolute Gasteiger partial charge is 0.417 e. The number of fused-ring (bicyclic) bond motifs is 1. The number of carbonyl (C=O) groups excluding carboxylic acids is 1. The minimum absolute atomic E-state index is 0.124. The van der Waals surface area contributed by atoms with Crippen molar-refractivity contribution < 1.29 is 27.1 Å². The van der Waals surface area contributed by atoms with Crippen LogP contribution in [-0.4, -0.2) is 54.1 Å². The summed E-state index contributed by atoms with van der Waals surface area (Å²) in [6.45, 7) is 3.48. The van der Waals surface area contributed by atoms with Crippen molar-refractivity contribution in [3.05, 3.63) is 77.2 Å². The van der Waals surface area contributed by atoms with Crippen LogP contribution in [0.25, 0.3) is 11.0 Å². The van der Waals surface area contributed by atoms with Gasteiger partial charge in [0.25, 0.3) is 0 Å². The molecule has 4 aromatic rings. The van der Waals surface area contributed by atoms with Crippen molar-refractivity contribution >= 4 is 45.9 Å². The predicted molar refractivity (Wildman–Crippen MR) is 145 cm³/mol. The van der Waals surface area contributed by atoms with Crippen molar-refractivity contribution in [1.29, 1.82) is 0 Å². The van der Waals surface area contributed by atoms with E-state index in [-0.39, 0.29) is 17.1 Å². The Kier molecular flexibility index (Phi) is 7.63. The fourth-order valence-electron chi connectivity index (χ4n) is 4.13. The number of rotatable bonds is 5. The lowest BCUT2D eigenvalue weighted by Crippen LogP contribution is -2.44. The summed E-state index contributed by atoms with van der Waals surface area (Å²) < 4.78 is 59.6. The van der Waals surface area contributed by atoms with Gasteiger partial charge < -0.3 is 25.2 Å². The molecule has 1 saturated heterocycles. The Morgan fingerprint density at radius 3 is 2.38 bits per heavy atom. The summed E-state index contributed by atoms with van der Waals surface area (Å²) >= 11 is 5.62. The van der Waals surface area contributed by atoms with E-state index in [4.69, 9.17) is 21.3 Å². The van der Waals surface area contributed by atoms with Crippen LogP contribution in [0.4, 0.5) is 39.5 Å². The van der Waals surface area contributed by atoms with Crippen molar-refractivity contribution in [1.82, 2.24) is 14.9 Å². The van der Waals surface area contributed by atoms with Crippen LogP contribution in [0.3, 0.4) is 0 Å². The lowest BCUT2D eigenvalue weighted by molar-refractivity contribution is -0.137. The summed E-state index contributed by atoms with van der Waals surface area (Å²) in [5.74, 6) is 0.185. The number of aromatic nitrogens is 2. The van der Waals surface area contributed by atoms with Crippen molar-refractivity contribution in [3.8, 4) is 11.5 Å². The first-order valence-electron chi connectivity index (χ1n) is 12.2. The molecule has 2 N–H and O–H groups in total. The van der Waals surface area contributed by atoms with E-state index in [9.17, 15) is 22.4 Å². The zero-order valence-corrected chi connectivity index (χ0v) is 21.9. The first kappa shape index (κ1) is 27.4. The number of anilines is 3. The average Bonchev–Trinajstić information content (AvgIpc) is 2.91. The molecule has 0 aliphatic carbocycles. The highest BCUT2D eigenvalue weighted by molar-refractivity contribution is 6.31. The number of urea groups is 1. The lowest BCUT2D eigenvalue weighted by Gasteiger charge is -2.33. The standard InChI is InChI=1S/C27H23ClF4N6O2/c1-37-8-10-38(11-9-37)25-15-33-22-7-4-18(14-23(22)36-25)40-24-13-17(3-6-21(24)29)35-26(39)34-16-2-5-20(28)19(12-16)27(30,31)32/h2-7,12-15H,8-11H2,1H3,(H2,34,35,39). The van der Waals surface area contributed by atoms with Crippen LogP contribution in [0.1, 0.15) is 5.56 Å². The van der Waals surface area contributed by atoms with Crippen LogP contribution < -0.4 is 20.3 Å². The number of hydrogen-bond acceptors (Lipinski definition) is 6. The quantitative estimate of drug-likeness (QED) is 0.260. The van der Waals surface area contributed by atoms with E-state index in [1.54, 1.807) is 24.4 Å². The van der Waals surface area contributed by atoms with Crippen LogP contribution in [0, 0.1) is 5.82 Å². The SMILES string of the molecule is CN1CCN(c2cnc3ccc(Oc4cc(NC(=O)Nc5ccc(Cl)c(C(F)(F)F)c5)ccc4F)cc3n2)CC1. The Morgan fingerprint density at radius 2 is 1.65 bits per heavy atom. The molecule has 1 aliphatic heterocycles. The second-order valence-corrected chi connectivity index (χ2v) is 9.60. The molecule has 3 aromatic carbocycles. The number of alkyl halides is 3. The molecule has 40 heavy (non-hydrogen) atoms. The molecule has 208 valence electrons. The Morgan fingerprint density at radius 1 is 0.950 bits per heavy atom. The van der Waals surface area contributed by atoms with Gasteiger partial charge in [0.1, 0.15) is 11.6 Å². The van der Waals surface area contributed by atoms with Gasteiger partial charge in [0.05, 0.1) is 27.8 Å². The summed E-state index contributed by atoms with van der Waals surface area (Å²) in [6.07, 6.45) is -2.96. The molecule has 0 atom stereocenters. The van der Waals surface area contributed by atoms with Gasteiger partial charge in [0, 0.05) is 49.7 Å². The number of ether oxygens (including phenoxy) is 1. The van der Waals surface area contributed by atoms with E-state index in [0.29, 0.717) is 16.8 Å². The van der Waals surface area contributed by atoms with E-state index >= 15 is 0 Å². The highest BCUT2D eigenvalue weighted by Crippen LogP contribution is 2.36. The van der Waals surface area contributed by atoms with Crippen molar-refractivity contribution in [2.45, 2.75) is 6.18 Å². The van der Waals surface area contributed by atoms with E-state index in [0.717, 1.165) is 50.2 Å². The summed E-state index contributed by atoms with van der Waals surface area (Å²) in [7, 11) is 2.07. The number of hydrogen-bond donors (Lipinski definition) is 2. The normalized spacial score (nSPS) is 14.3. The largest absolute Gasteiger partial charge is 0.454 e. The second-order valence-electron chi connectivity index (χ2n) is 9.19. The Balaban J connectivity index is 1.30. The van der Waals surface area contributed by atoms with Crippen LogP contribution in [0.5, 0.6) is 11.5 Å². The fourth-order valence-corrected chi connectivity index (χ4v) is 4.36. The number of piperazine rings is 1. The summed E-state index contributed by atoms with van der Waals surface area (Å²) in [5, 5.41) is 4.26. The number of benzene rings is 3. The molecule has 0 radical (unpaired) electrons. The van der Waals surface area contributed by atoms with Gasteiger partial charge in [-0.2, -0.15) is 13.2 Å². The van der Waals surface area contributed by atoms with Crippen molar-refractivity contribution in [2.24, 2.45) is 0 Å². The number of nitrogens with zero attached hydrogens (tertiary/aromatic N) is 4. The van der Waals surface area contributed by atoms with Gasteiger partial charge in [-0.3, -0.25) is 4.98 Å². The van der Waals surface area contributed by atoms with Crippen molar-refractivity contribution in [2.75, 3.05) is 48.8 Å². The molecule has 0 unspecified atom stereocenters. The van der Waals surface area contributed by atoms with E-state index in [2.05, 4.69) is 32.5 Å². The van der Waals surface area contributed by atoms with Crippen LogP contribution in [0.15, 0.2) is 60.8 Å². The van der Waals surface area contributed by atoms with Crippen LogP contribution >= 0.6 is 11.6 Å². The summed E-state index contributed by atoms with van der Waals surface area (Å²) in [4.78, 5) is 26.0. The molecular formula is C27H23ClF4N6O2. The molecule has 2 amide bonds. The van der Waals surface area contributed by atoms with E-state index < -0.39 is 28.6 Å². The van der Waals surface area contributed by atoms with E-state index in [1.807, 2.05) is 0 Å². The molecule has 5 rings (SSSR count). The number of amides is 2. The average molecular weight is 575 g/mol. The molecule has 0 spiro atoms. The van der Waals surface area contributed by atoms with Gasteiger partial charge in [0.15, 0.2) is 11.6 Å². The third kappa shape index (κ3) is 6.35. The van der Waals surface area contributed by atoms with Crippen LogP contribution in [-0.2, 0) is 6.18 Å². The van der Waals surface area contributed by atoms with Gasteiger partial charge in [0.2, 0.25) is 0 Å². The lowest BCUT2D eigenvalue weighted by atomic mass is 10.2. The molecule has 0 bridgehead atoms. The molecule has 8 nitrogen and oxygen atoms in total. The topological polar surface area (TPSA) is 82.6 Å². The molecule has 1 fully saturated rings. The van der Waals surface area contributed by atoms with Crippen molar-refractivity contribution in [3.63, 3.8) is 0 Å². The van der Waals surface area contributed by atoms with Crippen LogP contribution in [0.2, 0.25) is 5.02 Å². The highest BCUT2D eigenvalue weighted by atomic mass is 35.5. The highest BCUT2D eigenvalue weighted by Gasteiger charge is 2.33. The second kappa shape index (κ2) is 11.1. The summed E-state index contributed by atoms with van der Waals surface area (Å²) in [6, 6.07) is 10.8. The monoisotopic (exact) mass is 574 g/mol. The molecule has 2 heterocycles. The minimum Gasteiger partial charge on any atom is -0.454 e. The fraction of sp³-hybridized carbons (Fsp3) is 0.222.